The highest BCUT2D eigenvalue weighted by molar-refractivity contribution is 5.51. The van der Waals surface area contributed by atoms with Crippen molar-refractivity contribution in [3.05, 3.63) is 53.6 Å². The lowest BCUT2D eigenvalue weighted by Crippen LogP contribution is -2.03. The summed E-state index contributed by atoms with van der Waals surface area (Å²) in [7, 11) is 3.32. The van der Waals surface area contributed by atoms with E-state index in [1.807, 2.05) is 18.2 Å². The van der Waals surface area contributed by atoms with Crippen LogP contribution in [0.5, 0.6) is 11.5 Å². The standard InChI is InChI=1S/C18H23NO2/c1-13(2)14-7-5-9-16(11-14)19-12-15-8-6-10-17(20-3)18(15)21-4/h5-11,13,19H,12H2,1-4H3. The summed E-state index contributed by atoms with van der Waals surface area (Å²) in [5, 5.41) is 3.45. The van der Waals surface area contributed by atoms with Gasteiger partial charge in [0, 0.05) is 17.8 Å². The number of benzene rings is 2. The van der Waals surface area contributed by atoms with Crippen LogP contribution in [0.1, 0.15) is 30.9 Å². The Morgan fingerprint density at radius 2 is 1.76 bits per heavy atom. The molecular weight excluding hydrogens is 262 g/mol. The van der Waals surface area contributed by atoms with Gasteiger partial charge in [0.2, 0.25) is 0 Å². The predicted molar refractivity (Wildman–Crippen MR) is 87.4 cm³/mol. The van der Waals surface area contributed by atoms with Gasteiger partial charge >= 0.3 is 0 Å². The van der Waals surface area contributed by atoms with Gasteiger partial charge < -0.3 is 14.8 Å². The first-order chi connectivity index (χ1) is 10.2. The summed E-state index contributed by atoms with van der Waals surface area (Å²) in [5.74, 6) is 2.07. The zero-order chi connectivity index (χ0) is 15.2. The highest BCUT2D eigenvalue weighted by Gasteiger charge is 2.09. The van der Waals surface area contributed by atoms with Gasteiger partial charge in [0.25, 0.3) is 0 Å². The number of nitrogens with one attached hydrogen (secondary N) is 1. The molecule has 0 heterocycles. The van der Waals surface area contributed by atoms with Crippen LogP contribution >= 0.6 is 0 Å². The van der Waals surface area contributed by atoms with Gasteiger partial charge in [-0.3, -0.25) is 0 Å². The average Bonchev–Trinajstić information content (AvgIpc) is 2.52. The third-order valence-electron chi connectivity index (χ3n) is 3.52. The van der Waals surface area contributed by atoms with E-state index in [-0.39, 0.29) is 0 Å². The number of methoxy groups -OCH3 is 2. The maximum Gasteiger partial charge on any atom is 0.165 e. The zero-order valence-electron chi connectivity index (χ0n) is 13.1. The van der Waals surface area contributed by atoms with Crippen LogP contribution in [0.4, 0.5) is 5.69 Å². The first kappa shape index (κ1) is 15.2. The molecule has 0 radical (unpaired) electrons. The lowest BCUT2D eigenvalue weighted by atomic mass is 10.0. The highest BCUT2D eigenvalue weighted by atomic mass is 16.5. The number of hydrogen-bond acceptors (Lipinski definition) is 3. The summed E-state index contributed by atoms with van der Waals surface area (Å²) in [6.07, 6.45) is 0. The van der Waals surface area contributed by atoms with Gasteiger partial charge in [0.1, 0.15) is 0 Å². The van der Waals surface area contributed by atoms with E-state index in [1.54, 1.807) is 14.2 Å². The van der Waals surface area contributed by atoms with Crippen molar-refractivity contribution in [2.45, 2.75) is 26.3 Å². The van der Waals surface area contributed by atoms with Crippen molar-refractivity contribution in [2.75, 3.05) is 19.5 Å². The summed E-state index contributed by atoms with van der Waals surface area (Å²) in [6, 6.07) is 14.4. The minimum absolute atomic E-state index is 0.526. The van der Waals surface area contributed by atoms with Crippen molar-refractivity contribution in [3.8, 4) is 11.5 Å². The summed E-state index contributed by atoms with van der Waals surface area (Å²) in [6.45, 7) is 5.09. The molecule has 0 aromatic heterocycles. The molecule has 0 aliphatic carbocycles. The molecule has 21 heavy (non-hydrogen) atoms. The van der Waals surface area contributed by atoms with Crippen LogP contribution in [0.2, 0.25) is 0 Å². The quantitative estimate of drug-likeness (QED) is 0.851. The van der Waals surface area contributed by atoms with Crippen LogP contribution in [-0.4, -0.2) is 14.2 Å². The van der Waals surface area contributed by atoms with E-state index < -0.39 is 0 Å². The average molecular weight is 285 g/mol. The molecule has 0 saturated heterocycles. The van der Waals surface area contributed by atoms with Crippen LogP contribution in [0.15, 0.2) is 42.5 Å². The summed E-state index contributed by atoms with van der Waals surface area (Å²) in [5.41, 5.74) is 3.52. The molecule has 112 valence electrons. The minimum Gasteiger partial charge on any atom is -0.493 e. The van der Waals surface area contributed by atoms with Gasteiger partial charge in [-0.15, -0.1) is 0 Å². The first-order valence-corrected chi connectivity index (χ1v) is 7.19. The van der Waals surface area contributed by atoms with Gasteiger partial charge in [-0.05, 0) is 29.7 Å². The highest BCUT2D eigenvalue weighted by Crippen LogP contribution is 2.31. The number of ether oxygens (including phenoxy) is 2. The smallest absolute Gasteiger partial charge is 0.165 e. The van der Waals surface area contributed by atoms with Crippen LogP contribution in [-0.2, 0) is 6.54 Å². The lowest BCUT2D eigenvalue weighted by Gasteiger charge is -2.14. The Kier molecular flexibility index (Phi) is 5.09. The fourth-order valence-electron chi connectivity index (χ4n) is 2.30. The van der Waals surface area contributed by atoms with Crippen molar-refractivity contribution in [1.82, 2.24) is 0 Å². The predicted octanol–water partition coefficient (Wildman–Crippen LogP) is 4.44. The molecule has 0 amide bonds. The maximum absolute atomic E-state index is 5.45. The Labute approximate surface area is 126 Å². The van der Waals surface area contributed by atoms with Crippen molar-refractivity contribution < 1.29 is 9.47 Å². The van der Waals surface area contributed by atoms with Gasteiger partial charge in [-0.25, -0.2) is 0 Å². The Morgan fingerprint density at radius 1 is 1.00 bits per heavy atom. The Hall–Kier alpha value is -2.16. The molecule has 1 N–H and O–H groups in total. The second-order valence-electron chi connectivity index (χ2n) is 5.29. The fraction of sp³-hybridized carbons (Fsp3) is 0.333. The Bertz CT molecular complexity index is 594. The normalized spacial score (nSPS) is 10.5. The van der Waals surface area contributed by atoms with E-state index in [2.05, 4.69) is 43.4 Å². The molecular formula is C18H23NO2. The van der Waals surface area contributed by atoms with E-state index in [4.69, 9.17) is 9.47 Å². The molecule has 0 spiro atoms. The van der Waals surface area contributed by atoms with Crippen LogP contribution in [0, 0.1) is 0 Å². The molecule has 0 atom stereocenters. The zero-order valence-corrected chi connectivity index (χ0v) is 13.1. The van der Waals surface area contributed by atoms with Gasteiger partial charge in [-0.2, -0.15) is 0 Å². The van der Waals surface area contributed by atoms with E-state index in [0.29, 0.717) is 12.5 Å². The number of anilines is 1. The molecule has 3 heteroatoms. The van der Waals surface area contributed by atoms with E-state index in [1.165, 1.54) is 5.56 Å². The molecule has 2 aromatic carbocycles. The second kappa shape index (κ2) is 7.02. The summed E-state index contributed by atoms with van der Waals surface area (Å²) < 4.78 is 10.8. The topological polar surface area (TPSA) is 30.5 Å². The van der Waals surface area contributed by atoms with Crippen molar-refractivity contribution in [3.63, 3.8) is 0 Å². The van der Waals surface area contributed by atoms with Crippen molar-refractivity contribution >= 4 is 5.69 Å². The van der Waals surface area contributed by atoms with Gasteiger partial charge in [-0.1, -0.05) is 38.1 Å². The number of para-hydroxylation sites is 1. The molecule has 0 unspecified atom stereocenters. The SMILES string of the molecule is COc1cccc(CNc2cccc(C(C)C)c2)c1OC. The first-order valence-electron chi connectivity index (χ1n) is 7.19. The third kappa shape index (κ3) is 3.69. The van der Waals surface area contributed by atoms with Gasteiger partial charge in [0.05, 0.1) is 14.2 Å². The molecule has 0 fully saturated rings. The monoisotopic (exact) mass is 285 g/mol. The fourth-order valence-corrected chi connectivity index (χ4v) is 2.30. The number of hydrogen-bond donors (Lipinski definition) is 1. The van der Waals surface area contributed by atoms with Crippen LogP contribution in [0.3, 0.4) is 0 Å². The summed E-state index contributed by atoms with van der Waals surface area (Å²) in [4.78, 5) is 0. The summed E-state index contributed by atoms with van der Waals surface area (Å²) >= 11 is 0. The molecule has 2 rings (SSSR count). The van der Waals surface area contributed by atoms with E-state index in [9.17, 15) is 0 Å². The van der Waals surface area contributed by atoms with Crippen molar-refractivity contribution in [2.24, 2.45) is 0 Å². The second-order valence-corrected chi connectivity index (χ2v) is 5.29. The van der Waals surface area contributed by atoms with Crippen molar-refractivity contribution in [1.29, 1.82) is 0 Å². The molecule has 0 aliphatic rings. The van der Waals surface area contributed by atoms with E-state index >= 15 is 0 Å². The number of rotatable bonds is 6. The van der Waals surface area contributed by atoms with Crippen LogP contribution < -0.4 is 14.8 Å². The third-order valence-corrected chi connectivity index (χ3v) is 3.52. The molecule has 0 bridgehead atoms. The lowest BCUT2D eigenvalue weighted by molar-refractivity contribution is 0.352. The molecule has 0 saturated carbocycles. The Balaban J connectivity index is 2.15. The van der Waals surface area contributed by atoms with Gasteiger partial charge in [0.15, 0.2) is 11.5 Å². The van der Waals surface area contributed by atoms with E-state index in [0.717, 1.165) is 22.7 Å². The largest absolute Gasteiger partial charge is 0.493 e. The Morgan fingerprint density at radius 3 is 2.43 bits per heavy atom. The maximum atomic E-state index is 5.45. The molecule has 2 aromatic rings. The molecule has 3 nitrogen and oxygen atoms in total. The minimum atomic E-state index is 0.526. The molecule has 0 aliphatic heterocycles. The van der Waals surface area contributed by atoms with Crippen LogP contribution in [0.25, 0.3) is 0 Å².